The standard InChI is InChI=1S/C45H28ClN/c46-42-26-25-41-43(37-17-7-10-20-40(37)45(41)38-18-8-5-15-35(38)36-16-6-9-19-39(36)45)44(42)47(33-23-21-29-11-1-3-13-31(29)27-33)34-24-22-30-12-2-4-14-32(30)28-34/h1-28H. The monoisotopic (exact) mass is 617 g/mol. The number of rotatable bonds is 3. The molecule has 1 nitrogen and oxygen atoms in total. The molecule has 0 radical (unpaired) electrons. The Kier molecular flexibility index (Phi) is 5.62. The predicted octanol–water partition coefficient (Wildman–Crippen LogP) is 12.5. The third kappa shape index (κ3) is 3.61. The topological polar surface area (TPSA) is 3.24 Å². The van der Waals surface area contributed by atoms with Crippen LogP contribution in [0.2, 0.25) is 5.02 Å². The van der Waals surface area contributed by atoms with Gasteiger partial charge in [-0.15, -0.1) is 0 Å². The van der Waals surface area contributed by atoms with Gasteiger partial charge in [0.05, 0.1) is 16.1 Å². The van der Waals surface area contributed by atoms with Crippen LogP contribution in [-0.2, 0) is 5.41 Å². The Hall–Kier alpha value is -5.63. The first kappa shape index (κ1) is 26.6. The maximum atomic E-state index is 7.46. The molecule has 0 N–H and O–H groups in total. The van der Waals surface area contributed by atoms with Crippen LogP contribution < -0.4 is 4.90 Å². The van der Waals surface area contributed by atoms with Crippen molar-refractivity contribution >= 4 is 50.2 Å². The van der Waals surface area contributed by atoms with Gasteiger partial charge >= 0.3 is 0 Å². The Balaban J connectivity index is 1.33. The highest BCUT2D eigenvalue weighted by Crippen LogP contribution is 2.65. The van der Waals surface area contributed by atoms with Crippen molar-refractivity contribution in [3.05, 3.63) is 197 Å². The van der Waals surface area contributed by atoms with Gasteiger partial charge in [0.25, 0.3) is 0 Å². The molecule has 0 unspecified atom stereocenters. The van der Waals surface area contributed by atoms with E-state index in [9.17, 15) is 0 Å². The van der Waals surface area contributed by atoms with Crippen LogP contribution in [0.25, 0.3) is 43.8 Å². The lowest BCUT2D eigenvalue weighted by Crippen LogP contribution is -2.26. The summed E-state index contributed by atoms with van der Waals surface area (Å²) in [6.07, 6.45) is 0. The number of hydrogen-bond donors (Lipinski definition) is 0. The van der Waals surface area contributed by atoms with Crippen LogP contribution in [0.1, 0.15) is 22.3 Å². The Morgan fingerprint density at radius 2 is 0.830 bits per heavy atom. The van der Waals surface area contributed by atoms with Gasteiger partial charge in [-0.05, 0) is 90.8 Å². The van der Waals surface area contributed by atoms with E-state index in [1.807, 2.05) is 0 Å². The molecule has 0 amide bonds. The van der Waals surface area contributed by atoms with Crippen LogP contribution in [0.5, 0.6) is 0 Å². The summed E-state index contributed by atoms with van der Waals surface area (Å²) in [6.45, 7) is 0. The van der Waals surface area contributed by atoms with Crippen LogP contribution in [0.4, 0.5) is 17.1 Å². The molecule has 0 aromatic heterocycles. The van der Waals surface area contributed by atoms with E-state index in [0.29, 0.717) is 0 Å². The molecular weight excluding hydrogens is 590 g/mol. The van der Waals surface area contributed by atoms with Gasteiger partial charge in [-0.1, -0.05) is 151 Å². The average Bonchev–Trinajstić information content (AvgIpc) is 3.60. The van der Waals surface area contributed by atoms with E-state index in [1.54, 1.807) is 0 Å². The summed E-state index contributed by atoms with van der Waals surface area (Å²) in [7, 11) is 0. The summed E-state index contributed by atoms with van der Waals surface area (Å²) >= 11 is 7.46. The summed E-state index contributed by atoms with van der Waals surface area (Å²) in [6, 6.07) is 61.8. The van der Waals surface area contributed by atoms with E-state index < -0.39 is 5.41 Å². The summed E-state index contributed by atoms with van der Waals surface area (Å²) in [4.78, 5) is 2.38. The van der Waals surface area contributed by atoms with E-state index in [2.05, 4.69) is 175 Å². The maximum Gasteiger partial charge on any atom is 0.0729 e. The van der Waals surface area contributed by atoms with E-state index in [0.717, 1.165) is 22.1 Å². The smallest absolute Gasteiger partial charge is 0.0729 e. The summed E-state index contributed by atoms with van der Waals surface area (Å²) in [5.74, 6) is 0. The zero-order chi connectivity index (χ0) is 31.1. The molecule has 2 aliphatic rings. The van der Waals surface area contributed by atoms with Gasteiger partial charge in [0, 0.05) is 16.9 Å². The molecule has 0 bridgehead atoms. The molecule has 2 heteroatoms. The van der Waals surface area contributed by atoms with Crippen molar-refractivity contribution in [2.45, 2.75) is 5.41 Å². The van der Waals surface area contributed by atoms with Crippen molar-refractivity contribution < 1.29 is 0 Å². The molecule has 0 heterocycles. The molecular formula is C45H28ClN. The van der Waals surface area contributed by atoms with E-state index in [-0.39, 0.29) is 0 Å². The third-order valence-corrected chi connectivity index (χ3v) is 10.6. The third-order valence-electron chi connectivity index (χ3n) is 10.3. The molecule has 0 saturated carbocycles. The number of benzene rings is 8. The zero-order valence-corrected chi connectivity index (χ0v) is 26.2. The quantitative estimate of drug-likeness (QED) is 0.191. The van der Waals surface area contributed by atoms with E-state index in [1.165, 1.54) is 66.1 Å². The van der Waals surface area contributed by atoms with Gasteiger partial charge < -0.3 is 4.90 Å². The highest BCUT2D eigenvalue weighted by Gasteiger charge is 2.52. The number of anilines is 3. The fourth-order valence-corrected chi connectivity index (χ4v) is 8.64. The predicted molar refractivity (Wildman–Crippen MR) is 197 cm³/mol. The Morgan fingerprint density at radius 1 is 0.383 bits per heavy atom. The minimum absolute atomic E-state index is 0.448. The SMILES string of the molecule is Clc1ccc2c(c1N(c1ccc3ccccc3c1)c1ccc3ccccc3c1)-c1ccccc1C21c2ccccc2-c2ccccc21. The van der Waals surface area contributed by atoms with Gasteiger partial charge in [0.1, 0.15) is 0 Å². The lowest BCUT2D eigenvalue weighted by atomic mass is 9.70. The van der Waals surface area contributed by atoms with Crippen molar-refractivity contribution in [2.24, 2.45) is 0 Å². The Labute approximate surface area is 278 Å². The number of hydrogen-bond acceptors (Lipinski definition) is 1. The maximum absolute atomic E-state index is 7.46. The molecule has 0 aliphatic heterocycles. The van der Waals surface area contributed by atoms with E-state index >= 15 is 0 Å². The highest BCUT2D eigenvalue weighted by atomic mass is 35.5. The molecule has 0 fully saturated rings. The summed E-state index contributed by atoms with van der Waals surface area (Å²) in [5, 5.41) is 5.52. The van der Waals surface area contributed by atoms with Crippen molar-refractivity contribution in [3.8, 4) is 22.3 Å². The second-order valence-corrected chi connectivity index (χ2v) is 13.0. The molecule has 47 heavy (non-hydrogen) atoms. The minimum Gasteiger partial charge on any atom is -0.308 e. The van der Waals surface area contributed by atoms with Gasteiger partial charge in [0.15, 0.2) is 0 Å². The molecule has 1 spiro atoms. The fraction of sp³-hybridized carbons (Fsp3) is 0.0222. The molecule has 8 aromatic rings. The Bertz CT molecular complexity index is 2440. The second kappa shape index (κ2) is 9.93. The average molecular weight is 618 g/mol. The number of halogens is 1. The van der Waals surface area contributed by atoms with Crippen LogP contribution in [-0.4, -0.2) is 0 Å². The second-order valence-electron chi connectivity index (χ2n) is 12.6. The summed E-state index contributed by atoms with van der Waals surface area (Å²) in [5.41, 5.74) is 12.9. The molecule has 220 valence electrons. The van der Waals surface area contributed by atoms with Gasteiger partial charge in [0.2, 0.25) is 0 Å². The summed E-state index contributed by atoms with van der Waals surface area (Å²) < 4.78 is 0. The lowest BCUT2D eigenvalue weighted by molar-refractivity contribution is 0.794. The minimum atomic E-state index is -0.448. The van der Waals surface area contributed by atoms with Crippen LogP contribution in [0.3, 0.4) is 0 Å². The first-order valence-electron chi connectivity index (χ1n) is 16.1. The fourth-order valence-electron chi connectivity index (χ4n) is 8.40. The molecule has 0 atom stereocenters. The molecule has 10 rings (SSSR count). The van der Waals surface area contributed by atoms with Gasteiger partial charge in [-0.2, -0.15) is 0 Å². The zero-order valence-electron chi connectivity index (χ0n) is 25.5. The highest BCUT2D eigenvalue weighted by molar-refractivity contribution is 6.35. The number of fused-ring (bicyclic) bond motifs is 12. The molecule has 0 saturated heterocycles. The van der Waals surface area contributed by atoms with E-state index in [4.69, 9.17) is 11.6 Å². The largest absolute Gasteiger partial charge is 0.308 e. The van der Waals surface area contributed by atoms with Crippen molar-refractivity contribution in [3.63, 3.8) is 0 Å². The van der Waals surface area contributed by atoms with Gasteiger partial charge in [-0.25, -0.2) is 0 Å². The first-order valence-corrected chi connectivity index (χ1v) is 16.5. The van der Waals surface area contributed by atoms with Crippen LogP contribution >= 0.6 is 11.6 Å². The first-order chi connectivity index (χ1) is 23.2. The van der Waals surface area contributed by atoms with Crippen molar-refractivity contribution in [1.29, 1.82) is 0 Å². The Morgan fingerprint density at radius 3 is 1.38 bits per heavy atom. The normalized spacial score (nSPS) is 13.4. The van der Waals surface area contributed by atoms with Crippen molar-refractivity contribution in [2.75, 3.05) is 4.90 Å². The molecule has 2 aliphatic carbocycles. The lowest BCUT2D eigenvalue weighted by Gasteiger charge is -2.32. The van der Waals surface area contributed by atoms with Crippen LogP contribution in [0.15, 0.2) is 170 Å². The van der Waals surface area contributed by atoms with Crippen molar-refractivity contribution in [1.82, 2.24) is 0 Å². The van der Waals surface area contributed by atoms with Gasteiger partial charge in [-0.3, -0.25) is 0 Å². The number of nitrogens with zero attached hydrogens (tertiary/aromatic N) is 1. The van der Waals surface area contributed by atoms with Crippen LogP contribution in [0, 0.1) is 0 Å². The molecule has 8 aromatic carbocycles.